The molecular formula is C12H7ClO3. The van der Waals surface area contributed by atoms with Gasteiger partial charge in [-0.1, -0.05) is 11.6 Å². The second-order valence-corrected chi connectivity index (χ2v) is 3.59. The summed E-state index contributed by atoms with van der Waals surface area (Å²) in [6, 6.07) is 4.79. The zero-order valence-corrected chi connectivity index (χ0v) is 8.90. The summed E-state index contributed by atoms with van der Waals surface area (Å²) in [5, 5.41) is 0.948. The second kappa shape index (κ2) is 4.33. The molecule has 1 aromatic heterocycles. The van der Waals surface area contributed by atoms with E-state index < -0.39 is 0 Å². The number of fused-ring (bicyclic) bond motifs is 1. The van der Waals surface area contributed by atoms with Crippen molar-refractivity contribution in [1.29, 1.82) is 0 Å². The molecule has 0 saturated heterocycles. The topological polar surface area (TPSA) is 47.3 Å². The average molecular weight is 235 g/mol. The number of allylic oxidation sites excluding steroid dienone is 1. The molecule has 0 bridgehead atoms. The minimum Gasteiger partial charge on any atom is -0.463 e. The van der Waals surface area contributed by atoms with Gasteiger partial charge in [-0.05, 0) is 24.3 Å². The van der Waals surface area contributed by atoms with Crippen molar-refractivity contribution in [3.05, 3.63) is 51.3 Å². The number of rotatable bonds is 2. The maximum absolute atomic E-state index is 11.9. The minimum atomic E-state index is -0.184. The average Bonchev–Trinajstić information content (AvgIpc) is 2.28. The number of aldehydes is 1. The van der Waals surface area contributed by atoms with Gasteiger partial charge in [-0.2, -0.15) is 0 Å². The normalized spacial score (nSPS) is 11.1. The molecule has 0 fully saturated rings. The molecule has 2 aromatic rings. The Hall–Kier alpha value is -1.87. The summed E-state index contributed by atoms with van der Waals surface area (Å²) < 4.78 is 5.25. The van der Waals surface area contributed by atoms with Crippen LogP contribution in [-0.4, -0.2) is 6.29 Å². The summed E-state index contributed by atoms with van der Waals surface area (Å²) in [6.07, 6.45) is 4.56. The molecule has 16 heavy (non-hydrogen) atoms. The Bertz CT molecular complexity index is 626. The SMILES string of the molecule is O=C/C=C/c1coc2cc(Cl)ccc2c1=O. The van der Waals surface area contributed by atoms with Crippen LogP contribution >= 0.6 is 11.6 Å². The molecule has 0 aliphatic carbocycles. The molecule has 1 heterocycles. The zero-order valence-electron chi connectivity index (χ0n) is 8.14. The van der Waals surface area contributed by atoms with Gasteiger partial charge in [0.05, 0.1) is 10.9 Å². The Morgan fingerprint density at radius 1 is 1.31 bits per heavy atom. The van der Waals surface area contributed by atoms with E-state index in [4.69, 9.17) is 16.0 Å². The highest BCUT2D eigenvalue weighted by molar-refractivity contribution is 6.31. The number of carbonyl (C=O) groups is 1. The quantitative estimate of drug-likeness (QED) is 0.593. The van der Waals surface area contributed by atoms with Gasteiger partial charge in [0.2, 0.25) is 0 Å². The Morgan fingerprint density at radius 3 is 2.88 bits per heavy atom. The molecule has 0 N–H and O–H groups in total. The van der Waals surface area contributed by atoms with Gasteiger partial charge in [-0.15, -0.1) is 0 Å². The molecule has 1 aromatic carbocycles. The van der Waals surface area contributed by atoms with Crippen LogP contribution in [0, 0.1) is 0 Å². The lowest BCUT2D eigenvalue weighted by molar-refractivity contribution is -0.104. The van der Waals surface area contributed by atoms with Crippen molar-refractivity contribution in [1.82, 2.24) is 0 Å². The van der Waals surface area contributed by atoms with Crippen LogP contribution in [0.15, 0.2) is 39.7 Å². The fourth-order valence-electron chi connectivity index (χ4n) is 1.38. The maximum atomic E-state index is 11.9. The van der Waals surface area contributed by atoms with E-state index in [0.29, 0.717) is 27.8 Å². The Kier molecular flexibility index (Phi) is 2.88. The Morgan fingerprint density at radius 2 is 2.12 bits per heavy atom. The highest BCUT2D eigenvalue weighted by Crippen LogP contribution is 2.17. The summed E-state index contributed by atoms with van der Waals surface area (Å²) in [5.74, 6) is 0. The van der Waals surface area contributed by atoms with Crippen LogP contribution in [0.4, 0.5) is 0 Å². The number of halogens is 1. The maximum Gasteiger partial charge on any atom is 0.199 e. The van der Waals surface area contributed by atoms with Crippen LogP contribution in [0.25, 0.3) is 17.0 Å². The lowest BCUT2D eigenvalue weighted by Gasteiger charge is -1.98. The molecule has 0 saturated carbocycles. The van der Waals surface area contributed by atoms with E-state index >= 15 is 0 Å². The molecule has 0 aliphatic rings. The van der Waals surface area contributed by atoms with Crippen molar-refractivity contribution >= 4 is 34.9 Å². The highest BCUT2D eigenvalue weighted by atomic mass is 35.5. The highest BCUT2D eigenvalue weighted by Gasteiger charge is 2.04. The summed E-state index contributed by atoms with van der Waals surface area (Å²) in [4.78, 5) is 22.0. The molecule has 0 aliphatic heterocycles. The molecule has 2 rings (SSSR count). The first kappa shape index (κ1) is 10.6. The van der Waals surface area contributed by atoms with Crippen LogP contribution in [0.2, 0.25) is 5.02 Å². The fourth-order valence-corrected chi connectivity index (χ4v) is 1.54. The third-order valence-corrected chi connectivity index (χ3v) is 2.35. The first-order valence-corrected chi connectivity index (χ1v) is 4.93. The lowest BCUT2D eigenvalue weighted by Crippen LogP contribution is -2.04. The number of benzene rings is 1. The Labute approximate surface area is 95.9 Å². The summed E-state index contributed by atoms with van der Waals surface area (Å²) in [6.45, 7) is 0. The predicted molar refractivity (Wildman–Crippen MR) is 62.6 cm³/mol. The van der Waals surface area contributed by atoms with Crippen molar-refractivity contribution in [2.45, 2.75) is 0 Å². The van der Waals surface area contributed by atoms with E-state index in [0.717, 1.165) is 0 Å². The van der Waals surface area contributed by atoms with Gasteiger partial charge in [-0.3, -0.25) is 9.59 Å². The minimum absolute atomic E-state index is 0.184. The third-order valence-electron chi connectivity index (χ3n) is 2.12. The third kappa shape index (κ3) is 1.90. The van der Waals surface area contributed by atoms with Gasteiger partial charge in [0, 0.05) is 11.1 Å². The molecule has 0 radical (unpaired) electrons. The monoisotopic (exact) mass is 234 g/mol. The number of hydrogen-bond acceptors (Lipinski definition) is 3. The first-order valence-electron chi connectivity index (χ1n) is 4.55. The largest absolute Gasteiger partial charge is 0.463 e. The van der Waals surface area contributed by atoms with E-state index in [1.165, 1.54) is 18.4 Å². The molecule has 0 spiro atoms. The lowest BCUT2D eigenvalue weighted by atomic mass is 10.1. The number of hydrogen-bond donors (Lipinski definition) is 0. The molecule has 0 amide bonds. The van der Waals surface area contributed by atoms with Crippen LogP contribution in [0.1, 0.15) is 5.56 Å². The molecule has 0 atom stereocenters. The molecular weight excluding hydrogens is 228 g/mol. The van der Waals surface area contributed by atoms with Gasteiger partial charge in [0.1, 0.15) is 18.1 Å². The van der Waals surface area contributed by atoms with E-state index in [1.54, 1.807) is 18.2 Å². The van der Waals surface area contributed by atoms with Crippen molar-refractivity contribution in [3.8, 4) is 0 Å². The second-order valence-electron chi connectivity index (χ2n) is 3.16. The van der Waals surface area contributed by atoms with Crippen molar-refractivity contribution in [2.24, 2.45) is 0 Å². The molecule has 80 valence electrons. The first-order chi connectivity index (χ1) is 7.72. The van der Waals surface area contributed by atoms with Gasteiger partial charge >= 0.3 is 0 Å². The van der Waals surface area contributed by atoms with Crippen LogP contribution < -0.4 is 5.43 Å². The molecule has 4 heteroatoms. The summed E-state index contributed by atoms with van der Waals surface area (Å²) in [5.41, 5.74) is 0.582. The van der Waals surface area contributed by atoms with Crippen molar-refractivity contribution in [2.75, 3.05) is 0 Å². The molecule has 3 nitrogen and oxygen atoms in total. The van der Waals surface area contributed by atoms with Crippen molar-refractivity contribution < 1.29 is 9.21 Å². The molecule has 0 unspecified atom stereocenters. The van der Waals surface area contributed by atoms with Gasteiger partial charge < -0.3 is 4.42 Å². The predicted octanol–water partition coefficient (Wildman–Crippen LogP) is 2.66. The fraction of sp³-hybridized carbons (Fsp3) is 0. The number of carbonyl (C=O) groups excluding carboxylic acids is 1. The van der Waals surface area contributed by atoms with Gasteiger partial charge in [0.15, 0.2) is 5.43 Å². The van der Waals surface area contributed by atoms with Crippen LogP contribution in [0.3, 0.4) is 0 Å². The van der Waals surface area contributed by atoms with E-state index in [1.807, 2.05) is 0 Å². The summed E-state index contributed by atoms with van der Waals surface area (Å²) in [7, 11) is 0. The summed E-state index contributed by atoms with van der Waals surface area (Å²) >= 11 is 5.77. The van der Waals surface area contributed by atoms with Gasteiger partial charge in [-0.25, -0.2) is 0 Å². The van der Waals surface area contributed by atoms with Crippen LogP contribution in [-0.2, 0) is 4.79 Å². The Balaban J connectivity index is 2.70. The van der Waals surface area contributed by atoms with Crippen molar-refractivity contribution in [3.63, 3.8) is 0 Å². The van der Waals surface area contributed by atoms with E-state index in [-0.39, 0.29) is 5.43 Å². The van der Waals surface area contributed by atoms with E-state index in [9.17, 15) is 9.59 Å². The van der Waals surface area contributed by atoms with Crippen LogP contribution in [0.5, 0.6) is 0 Å². The smallest absolute Gasteiger partial charge is 0.199 e. The standard InChI is InChI=1S/C12H7ClO3/c13-9-3-4-10-11(6-9)16-7-8(12(10)15)2-1-5-14/h1-7H/b2-1+. The van der Waals surface area contributed by atoms with E-state index in [2.05, 4.69) is 0 Å². The van der Waals surface area contributed by atoms with Gasteiger partial charge in [0.25, 0.3) is 0 Å². The zero-order chi connectivity index (χ0) is 11.5.